The Morgan fingerprint density at radius 3 is 2.54 bits per heavy atom. The average Bonchev–Trinajstić information content (AvgIpc) is 3.48. The number of amides is 3. The van der Waals surface area contributed by atoms with Crippen molar-refractivity contribution in [3.63, 3.8) is 0 Å². The number of nitrogens with two attached hydrogens (primary N) is 1. The van der Waals surface area contributed by atoms with Gasteiger partial charge in [-0.3, -0.25) is 14.4 Å². The molecule has 1 aromatic carbocycles. The Kier molecular flexibility index (Phi) is 14.5. The van der Waals surface area contributed by atoms with Crippen LogP contribution in [0.4, 0.5) is 0 Å². The number of rotatable bonds is 11. The first kappa shape index (κ1) is 36.6. The molecule has 13 heteroatoms. The maximum atomic E-state index is 13.5. The van der Waals surface area contributed by atoms with E-state index in [4.69, 9.17) is 10.5 Å². The standard InChI is InChI=1S/C28H41N5O5S.2ClH/c1-17-24(39-16-31-17)19-8-9-20(23(12-19)38-11-7-6-10-29)14-30-26(36)22-13-21(35)15-33(22)27(37)25(28(3,4)5)32-18(2)34;;/h8-9,12,16,21-22,25,35H,6-7,10-11,13-15,29H2,1-5H3,(H,30,36)(H,32,34);2*1H/t21-,22+,25-;;/m1../s1. The molecule has 3 rings (SSSR count). The number of hydrogen-bond acceptors (Lipinski definition) is 8. The van der Waals surface area contributed by atoms with E-state index in [-0.39, 0.29) is 62.0 Å². The molecule has 0 bridgehead atoms. The van der Waals surface area contributed by atoms with E-state index in [1.54, 1.807) is 16.8 Å². The molecular weight excluding hydrogens is 589 g/mol. The van der Waals surface area contributed by atoms with Gasteiger partial charge in [0.2, 0.25) is 17.7 Å². The van der Waals surface area contributed by atoms with Crippen molar-refractivity contribution in [3.05, 3.63) is 35.0 Å². The number of nitrogens with zero attached hydrogens (tertiary/aromatic N) is 2. The number of aliphatic hydroxyl groups is 1. The fourth-order valence-electron chi connectivity index (χ4n) is 4.61. The largest absolute Gasteiger partial charge is 0.493 e. The molecule has 0 saturated carbocycles. The van der Waals surface area contributed by atoms with Crippen molar-refractivity contribution in [2.45, 2.75) is 78.6 Å². The lowest BCUT2D eigenvalue weighted by Crippen LogP contribution is -2.57. The summed E-state index contributed by atoms with van der Waals surface area (Å²) >= 11 is 1.55. The van der Waals surface area contributed by atoms with Gasteiger partial charge in [0.25, 0.3) is 0 Å². The van der Waals surface area contributed by atoms with E-state index < -0.39 is 23.6 Å². The third-order valence-corrected chi connectivity index (χ3v) is 7.69. The van der Waals surface area contributed by atoms with Gasteiger partial charge in [-0.25, -0.2) is 4.98 Å². The van der Waals surface area contributed by atoms with E-state index in [9.17, 15) is 19.5 Å². The van der Waals surface area contributed by atoms with Crippen molar-refractivity contribution in [2.75, 3.05) is 19.7 Å². The molecule has 0 spiro atoms. The molecule has 5 N–H and O–H groups in total. The number of unbranched alkanes of at least 4 members (excludes halogenated alkanes) is 1. The van der Waals surface area contributed by atoms with Crippen molar-refractivity contribution in [2.24, 2.45) is 11.1 Å². The maximum Gasteiger partial charge on any atom is 0.246 e. The second-order valence-corrected chi connectivity index (χ2v) is 11.9. The minimum Gasteiger partial charge on any atom is -0.493 e. The first-order chi connectivity index (χ1) is 18.4. The van der Waals surface area contributed by atoms with E-state index in [0.717, 1.165) is 34.5 Å². The number of benzene rings is 1. The van der Waals surface area contributed by atoms with Gasteiger partial charge in [-0.05, 0) is 43.4 Å². The SMILES string of the molecule is CC(=O)N[C@H](C(=O)N1C[C@H](O)C[C@H]1C(=O)NCc1ccc(-c2scnc2C)cc1OCCCCN)C(C)(C)C.Cl.Cl. The number of aromatic nitrogens is 1. The number of thiazole rings is 1. The molecule has 2 heterocycles. The summed E-state index contributed by atoms with van der Waals surface area (Å²) in [4.78, 5) is 45.3. The van der Waals surface area contributed by atoms with Gasteiger partial charge in [-0.1, -0.05) is 32.9 Å². The number of aliphatic hydroxyl groups excluding tert-OH is 1. The highest BCUT2D eigenvalue weighted by atomic mass is 35.5. The normalized spacial score (nSPS) is 17.2. The lowest BCUT2D eigenvalue weighted by atomic mass is 9.85. The van der Waals surface area contributed by atoms with E-state index in [1.807, 2.05) is 45.9 Å². The van der Waals surface area contributed by atoms with Crippen LogP contribution in [-0.2, 0) is 20.9 Å². The number of β-amino-alcohol motifs (C(OH)–C–C–N with tert-alkyl or cyclic N) is 1. The van der Waals surface area contributed by atoms with Crippen molar-refractivity contribution in [3.8, 4) is 16.2 Å². The highest BCUT2D eigenvalue weighted by Gasteiger charge is 2.44. The Morgan fingerprint density at radius 2 is 1.95 bits per heavy atom. The Balaban J connectivity index is 0.00000420. The highest BCUT2D eigenvalue weighted by molar-refractivity contribution is 7.13. The smallest absolute Gasteiger partial charge is 0.246 e. The topological polar surface area (TPSA) is 147 Å². The Bertz CT molecular complexity index is 1170. The molecule has 0 aliphatic carbocycles. The highest BCUT2D eigenvalue weighted by Crippen LogP contribution is 2.32. The van der Waals surface area contributed by atoms with Gasteiger partial charge in [0.1, 0.15) is 17.8 Å². The van der Waals surface area contributed by atoms with Crippen LogP contribution in [0.1, 0.15) is 58.2 Å². The molecule has 0 unspecified atom stereocenters. The molecule has 3 atom stereocenters. The van der Waals surface area contributed by atoms with Gasteiger partial charge in [0.15, 0.2) is 0 Å². The molecule has 41 heavy (non-hydrogen) atoms. The lowest BCUT2D eigenvalue weighted by Gasteiger charge is -2.35. The molecule has 1 saturated heterocycles. The van der Waals surface area contributed by atoms with Crippen LogP contribution in [0.2, 0.25) is 0 Å². The summed E-state index contributed by atoms with van der Waals surface area (Å²) in [6.07, 6.45) is 0.959. The van der Waals surface area contributed by atoms with Gasteiger partial charge in [-0.2, -0.15) is 0 Å². The summed E-state index contributed by atoms with van der Waals surface area (Å²) in [5, 5.41) is 16.0. The number of nitrogens with one attached hydrogen (secondary N) is 2. The third kappa shape index (κ3) is 9.82. The van der Waals surface area contributed by atoms with Crippen LogP contribution >= 0.6 is 36.2 Å². The van der Waals surface area contributed by atoms with E-state index in [1.165, 1.54) is 11.8 Å². The lowest BCUT2D eigenvalue weighted by molar-refractivity contribution is -0.143. The summed E-state index contributed by atoms with van der Waals surface area (Å²) in [6.45, 7) is 10.2. The molecule has 1 aromatic heterocycles. The van der Waals surface area contributed by atoms with Gasteiger partial charge in [0, 0.05) is 32.0 Å². The molecule has 230 valence electrons. The maximum absolute atomic E-state index is 13.5. The number of carbonyl (C=O) groups excluding carboxylic acids is 3. The van der Waals surface area contributed by atoms with Gasteiger partial charge in [-0.15, -0.1) is 36.2 Å². The van der Waals surface area contributed by atoms with Crippen molar-refractivity contribution < 1.29 is 24.2 Å². The van der Waals surface area contributed by atoms with Crippen LogP contribution in [0.15, 0.2) is 23.7 Å². The first-order valence-electron chi connectivity index (χ1n) is 13.3. The van der Waals surface area contributed by atoms with Crippen molar-refractivity contribution in [1.82, 2.24) is 20.5 Å². The van der Waals surface area contributed by atoms with Crippen LogP contribution in [0.25, 0.3) is 10.4 Å². The predicted octanol–water partition coefficient (Wildman–Crippen LogP) is 3.21. The summed E-state index contributed by atoms with van der Waals surface area (Å²) in [5.41, 5.74) is 9.56. The average molecular weight is 633 g/mol. The Labute approximate surface area is 258 Å². The minimum absolute atomic E-state index is 0. The minimum atomic E-state index is -0.848. The first-order valence-corrected chi connectivity index (χ1v) is 14.2. The van der Waals surface area contributed by atoms with Gasteiger partial charge >= 0.3 is 0 Å². The van der Waals surface area contributed by atoms with Crippen LogP contribution in [0.3, 0.4) is 0 Å². The second-order valence-electron chi connectivity index (χ2n) is 11.0. The molecule has 10 nitrogen and oxygen atoms in total. The number of halogens is 2. The second kappa shape index (κ2) is 16.3. The van der Waals surface area contributed by atoms with Crippen molar-refractivity contribution >= 4 is 53.9 Å². The molecule has 1 aliphatic rings. The van der Waals surface area contributed by atoms with E-state index in [2.05, 4.69) is 15.6 Å². The number of likely N-dealkylation sites (tertiary alicyclic amines) is 1. The van der Waals surface area contributed by atoms with E-state index in [0.29, 0.717) is 18.9 Å². The van der Waals surface area contributed by atoms with Crippen molar-refractivity contribution in [1.29, 1.82) is 0 Å². The fraction of sp³-hybridized carbons (Fsp3) is 0.571. The third-order valence-electron chi connectivity index (χ3n) is 6.71. The fourth-order valence-corrected chi connectivity index (χ4v) is 5.41. The number of ether oxygens (including phenoxy) is 1. The molecule has 1 fully saturated rings. The van der Waals surface area contributed by atoms with Crippen LogP contribution in [0, 0.1) is 12.3 Å². The quantitative estimate of drug-likeness (QED) is 0.278. The van der Waals surface area contributed by atoms with Gasteiger partial charge < -0.3 is 31.1 Å². The molecule has 1 aliphatic heterocycles. The Hall–Kier alpha value is -2.44. The zero-order chi connectivity index (χ0) is 28.7. The zero-order valence-corrected chi connectivity index (χ0v) is 26.7. The molecule has 3 amide bonds. The predicted molar refractivity (Wildman–Crippen MR) is 166 cm³/mol. The monoisotopic (exact) mass is 631 g/mol. The van der Waals surface area contributed by atoms with Crippen LogP contribution in [-0.4, -0.2) is 70.6 Å². The number of carbonyl (C=O) groups is 3. The molecule has 0 radical (unpaired) electrons. The van der Waals surface area contributed by atoms with Crippen LogP contribution < -0.4 is 21.1 Å². The molecule has 2 aromatic rings. The summed E-state index contributed by atoms with van der Waals surface area (Å²) in [6, 6.07) is 4.18. The Morgan fingerprint density at radius 1 is 1.24 bits per heavy atom. The number of aryl methyl sites for hydroxylation is 1. The zero-order valence-electron chi connectivity index (χ0n) is 24.3. The number of hydrogen-bond donors (Lipinski definition) is 4. The summed E-state index contributed by atoms with van der Waals surface area (Å²) in [7, 11) is 0. The summed E-state index contributed by atoms with van der Waals surface area (Å²) < 4.78 is 6.09. The van der Waals surface area contributed by atoms with Gasteiger partial charge in [0.05, 0.1) is 28.8 Å². The summed E-state index contributed by atoms with van der Waals surface area (Å²) in [5.74, 6) is -0.426. The van der Waals surface area contributed by atoms with E-state index >= 15 is 0 Å². The molecular formula is C28H43Cl2N5O5S. The van der Waals surface area contributed by atoms with Crippen LogP contribution in [0.5, 0.6) is 5.75 Å².